The number of aliphatic hydroxyl groups is 1. The van der Waals surface area contributed by atoms with Gasteiger partial charge in [-0.05, 0) is 34.2 Å². The number of benzene rings is 2. The summed E-state index contributed by atoms with van der Waals surface area (Å²) in [6.07, 6.45) is 0. The molecule has 1 N–H and O–H groups in total. The Morgan fingerprint density at radius 2 is 1.77 bits per heavy atom. The van der Waals surface area contributed by atoms with Gasteiger partial charge < -0.3 is 14.7 Å². The SMILES string of the molecule is COc1cccc(CN2C(=O)C(O)=C(C(=O)C(C)C)C2c2ccc(C(C)(C)C)cc2)c1. The average molecular weight is 422 g/mol. The Bertz CT molecular complexity index is 1010. The lowest BCUT2D eigenvalue weighted by molar-refractivity contribution is -0.130. The summed E-state index contributed by atoms with van der Waals surface area (Å²) >= 11 is 0. The van der Waals surface area contributed by atoms with Crippen molar-refractivity contribution in [2.24, 2.45) is 5.92 Å². The number of aliphatic hydroxyl groups excluding tert-OH is 1. The Morgan fingerprint density at radius 3 is 2.32 bits per heavy atom. The molecule has 2 aromatic rings. The Kier molecular flexibility index (Phi) is 6.25. The fourth-order valence-electron chi connectivity index (χ4n) is 3.86. The summed E-state index contributed by atoms with van der Waals surface area (Å²) in [5.74, 6) is -0.851. The van der Waals surface area contributed by atoms with E-state index in [1.807, 2.05) is 48.5 Å². The molecule has 0 radical (unpaired) electrons. The number of hydrogen-bond acceptors (Lipinski definition) is 4. The van der Waals surface area contributed by atoms with Crippen LogP contribution < -0.4 is 4.74 Å². The number of nitrogens with zero attached hydrogens (tertiary/aromatic N) is 1. The normalized spacial score (nSPS) is 16.9. The molecule has 1 aliphatic heterocycles. The number of hydrogen-bond donors (Lipinski definition) is 1. The summed E-state index contributed by atoms with van der Waals surface area (Å²) < 4.78 is 5.30. The molecule has 5 heteroatoms. The van der Waals surface area contributed by atoms with Gasteiger partial charge in [-0.2, -0.15) is 0 Å². The van der Waals surface area contributed by atoms with Gasteiger partial charge in [0.05, 0.1) is 18.7 Å². The van der Waals surface area contributed by atoms with Gasteiger partial charge >= 0.3 is 0 Å². The van der Waals surface area contributed by atoms with Gasteiger partial charge in [0, 0.05) is 12.5 Å². The second-order valence-electron chi connectivity index (χ2n) is 9.34. The van der Waals surface area contributed by atoms with E-state index in [1.54, 1.807) is 25.9 Å². The topological polar surface area (TPSA) is 66.8 Å². The summed E-state index contributed by atoms with van der Waals surface area (Å²) in [5, 5.41) is 10.7. The van der Waals surface area contributed by atoms with Crippen molar-refractivity contribution in [1.82, 2.24) is 4.90 Å². The summed E-state index contributed by atoms with van der Waals surface area (Å²) in [6, 6.07) is 14.7. The predicted octanol–water partition coefficient (Wildman–Crippen LogP) is 5.11. The third kappa shape index (κ3) is 4.50. The van der Waals surface area contributed by atoms with Gasteiger partial charge in [-0.15, -0.1) is 0 Å². The molecule has 1 heterocycles. The number of methoxy groups -OCH3 is 1. The molecule has 1 aliphatic rings. The fourth-order valence-corrected chi connectivity index (χ4v) is 3.86. The Hall–Kier alpha value is -3.08. The maximum Gasteiger partial charge on any atom is 0.290 e. The first-order valence-electron chi connectivity index (χ1n) is 10.6. The highest BCUT2D eigenvalue weighted by atomic mass is 16.5. The molecule has 0 saturated heterocycles. The zero-order valence-corrected chi connectivity index (χ0v) is 19.1. The molecule has 0 saturated carbocycles. The van der Waals surface area contributed by atoms with Crippen LogP contribution in [0.5, 0.6) is 5.75 Å². The third-order valence-corrected chi connectivity index (χ3v) is 5.67. The summed E-state index contributed by atoms with van der Waals surface area (Å²) in [7, 11) is 1.59. The Labute approximate surface area is 184 Å². The molecule has 0 aliphatic carbocycles. The molecule has 0 fully saturated rings. The summed E-state index contributed by atoms with van der Waals surface area (Å²) in [5.41, 5.74) is 2.97. The Morgan fingerprint density at radius 1 is 1.13 bits per heavy atom. The van der Waals surface area contributed by atoms with Crippen molar-refractivity contribution in [3.8, 4) is 5.75 Å². The first-order chi connectivity index (χ1) is 14.5. The molecular formula is C26H31NO4. The van der Waals surface area contributed by atoms with Gasteiger partial charge in [-0.1, -0.05) is 71.0 Å². The van der Waals surface area contributed by atoms with Crippen LogP contribution in [0.3, 0.4) is 0 Å². The lowest BCUT2D eigenvalue weighted by Gasteiger charge is -2.28. The number of Topliss-reactive ketones (excluding diaryl/α,β-unsaturated/α-hetero) is 1. The van der Waals surface area contributed by atoms with E-state index in [1.165, 1.54) is 0 Å². The van der Waals surface area contributed by atoms with E-state index in [0.29, 0.717) is 5.75 Å². The van der Waals surface area contributed by atoms with Gasteiger partial charge in [0.25, 0.3) is 5.91 Å². The van der Waals surface area contributed by atoms with Gasteiger partial charge in [0.2, 0.25) is 0 Å². The van der Waals surface area contributed by atoms with E-state index in [9.17, 15) is 14.7 Å². The number of rotatable bonds is 6. The van der Waals surface area contributed by atoms with Crippen LogP contribution in [0.25, 0.3) is 0 Å². The largest absolute Gasteiger partial charge is 0.503 e. The van der Waals surface area contributed by atoms with Crippen molar-refractivity contribution in [3.05, 3.63) is 76.6 Å². The molecule has 1 unspecified atom stereocenters. The average Bonchev–Trinajstić information content (AvgIpc) is 2.97. The standard InChI is InChI=1S/C26H31NO4/c1-16(2)23(28)21-22(18-10-12-19(13-11-18)26(3,4)5)27(25(30)24(21)29)15-17-8-7-9-20(14-17)31-6/h7-14,16,22,29H,15H2,1-6H3. The molecule has 0 spiro atoms. The van der Waals surface area contributed by atoms with Crippen LogP contribution in [0.15, 0.2) is 59.9 Å². The van der Waals surface area contributed by atoms with E-state index >= 15 is 0 Å². The van der Waals surface area contributed by atoms with E-state index in [2.05, 4.69) is 20.8 Å². The van der Waals surface area contributed by atoms with Crippen molar-refractivity contribution in [3.63, 3.8) is 0 Å². The lowest BCUT2D eigenvalue weighted by atomic mass is 9.85. The van der Waals surface area contributed by atoms with Crippen LogP contribution in [0, 0.1) is 5.92 Å². The molecule has 1 amide bonds. The molecule has 3 rings (SSSR count). The van der Waals surface area contributed by atoms with Crippen LogP contribution in [0.4, 0.5) is 0 Å². The zero-order valence-electron chi connectivity index (χ0n) is 19.1. The minimum Gasteiger partial charge on any atom is -0.503 e. The van der Waals surface area contributed by atoms with Gasteiger partial charge in [-0.3, -0.25) is 9.59 Å². The van der Waals surface area contributed by atoms with Gasteiger partial charge in [-0.25, -0.2) is 0 Å². The first kappa shape index (κ1) is 22.6. The van der Waals surface area contributed by atoms with E-state index in [0.717, 1.165) is 16.7 Å². The minimum atomic E-state index is -0.636. The van der Waals surface area contributed by atoms with Crippen molar-refractivity contribution in [2.45, 2.75) is 52.6 Å². The number of ketones is 1. The number of amides is 1. The molecule has 0 aromatic heterocycles. The molecule has 164 valence electrons. The van der Waals surface area contributed by atoms with Crippen molar-refractivity contribution < 1.29 is 19.4 Å². The number of carbonyl (C=O) groups excluding carboxylic acids is 2. The molecule has 31 heavy (non-hydrogen) atoms. The van der Waals surface area contributed by atoms with Crippen LogP contribution >= 0.6 is 0 Å². The number of ether oxygens (including phenoxy) is 1. The van der Waals surface area contributed by atoms with Crippen molar-refractivity contribution in [1.29, 1.82) is 0 Å². The van der Waals surface area contributed by atoms with Crippen LogP contribution in [0.2, 0.25) is 0 Å². The summed E-state index contributed by atoms with van der Waals surface area (Å²) in [6.45, 7) is 10.2. The van der Waals surface area contributed by atoms with E-state index in [-0.39, 0.29) is 29.2 Å². The van der Waals surface area contributed by atoms with Crippen LogP contribution in [0.1, 0.15) is 57.4 Å². The first-order valence-corrected chi connectivity index (χ1v) is 10.6. The molecule has 2 aromatic carbocycles. The number of carbonyl (C=O) groups is 2. The third-order valence-electron chi connectivity index (χ3n) is 5.67. The van der Waals surface area contributed by atoms with E-state index in [4.69, 9.17) is 4.74 Å². The van der Waals surface area contributed by atoms with Gasteiger partial charge in [0.15, 0.2) is 11.5 Å². The maximum atomic E-state index is 13.0. The monoisotopic (exact) mass is 421 g/mol. The van der Waals surface area contributed by atoms with Crippen molar-refractivity contribution in [2.75, 3.05) is 7.11 Å². The highest BCUT2D eigenvalue weighted by Gasteiger charge is 2.44. The fraction of sp³-hybridized carbons (Fsp3) is 0.385. The molecular weight excluding hydrogens is 390 g/mol. The molecule has 5 nitrogen and oxygen atoms in total. The van der Waals surface area contributed by atoms with Gasteiger partial charge in [0.1, 0.15) is 5.75 Å². The van der Waals surface area contributed by atoms with Crippen LogP contribution in [-0.2, 0) is 21.5 Å². The molecule has 0 bridgehead atoms. The quantitative estimate of drug-likeness (QED) is 0.704. The highest BCUT2D eigenvalue weighted by molar-refractivity contribution is 6.09. The highest BCUT2D eigenvalue weighted by Crippen LogP contribution is 2.40. The lowest BCUT2D eigenvalue weighted by Crippen LogP contribution is -2.31. The van der Waals surface area contributed by atoms with Crippen LogP contribution in [-0.4, -0.2) is 28.8 Å². The smallest absolute Gasteiger partial charge is 0.290 e. The predicted molar refractivity (Wildman–Crippen MR) is 121 cm³/mol. The summed E-state index contributed by atoms with van der Waals surface area (Å²) in [4.78, 5) is 27.6. The molecule has 1 atom stereocenters. The van der Waals surface area contributed by atoms with E-state index < -0.39 is 17.7 Å². The minimum absolute atomic E-state index is 0.0150. The second-order valence-corrected chi connectivity index (χ2v) is 9.34. The zero-order chi connectivity index (χ0) is 22.9. The maximum absolute atomic E-state index is 13.0. The second kappa shape index (κ2) is 8.58. The Balaban J connectivity index is 2.06. The van der Waals surface area contributed by atoms with Crippen molar-refractivity contribution >= 4 is 11.7 Å².